The van der Waals surface area contributed by atoms with Crippen LogP contribution in [0.3, 0.4) is 0 Å². The van der Waals surface area contributed by atoms with E-state index in [1.165, 1.54) is 0 Å². The maximum absolute atomic E-state index is 12.0. The molecule has 0 saturated heterocycles. The predicted octanol–water partition coefficient (Wildman–Crippen LogP) is 3.68. The minimum atomic E-state index is -0.0412. The Balaban J connectivity index is 1.97. The molecule has 0 spiro atoms. The van der Waals surface area contributed by atoms with Crippen molar-refractivity contribution < 1.29 is 14.3 Å². The number of rotatable bonds is 6. The summed E-state index contributed by atoms with van der Waals surface area (Å²) in [4.78, 5) is 13.1. The van der Waals surface area contributed by atoms with E-state index < -0.39 is 0 Å². The first-order valence-corrected chi connectivity index (χ1v) is 7.39. The lowest BCUT2D eigenvalue weighted by atomic mass is 10.1. The van der Waals surface area contributed by atoms with E-state index in [2.05, 4.69) is 0 Å². The van der Waals surface area contributed by atoms with Gasteiger partial charge in [0.2, 0.25) is 0 Å². The molecule has 104 valence electrons. The standard InChI is InChI=1S/C16H16O3S/c1-18-13-4-3-5-14(10-13)19-11-16(17)12-6-8-15(20-2)9-7-12/h3-10H,11H2,1-2H3. The van der Waals surface area contributed by atoms with Gasteiger partial charge >= 0.3 is 0 Å². The third-order valence-corrected chi connectivity index (χ3v) is 3.57. The molecule has 0 aliphatic heterocycles. The fraction of sp³-hybridized carbons (Fsp3) is 0.188. The van der Waals surface area contributed by atoms with Gasteiger partial charge in [-0.15, -0.1) is 11.8 Å². The quantitative estimate of drug-likeness (QED) is 0.600. The Morgan fingerprint density at radius 2 is 1.80 bits per heavy atom. The van der Waals surface area contributed by atoms with Crippen LogP contribution < -0.4 is 9.47 Å². The number of carbonyl (C=O) groups excluding carboxylic acids is 1. The Hall–Kier alpha value is -1.94. The molecule has 0 aromatic heterocycles. The molecule has 0 atom stereocenters. The average Bonchev–Trinajstić information content (AvgIpc) is 2.53. The maximum atomic E-state index is 12.0. The molecule has 0 radical (unpaired) electrons. The molecule has 20 heavy (non-hydrogen) atoms. The second-order valence-electron chi connectivity index (χ2n) is 4.12. The highest BCUT2D eigenvalue weighted by atomic mass is 32.2. The van der Waals surface area contributed by atoms with Gasteiger partial charge < -0.3 is 9.47 Å². The smallest absolute Gasteiger partial charge is 0.200 e. The fourth-order valence-corrected chi connectivity index (χ4v) is 2.11. The first-order chi connectivity index (χ1) is 9.72. The van der Waals surface area contributed by atoms with Crippen molar-refractivity contribution in [2.45, 2.75) is 4.90 Å². The van der Waals surface area contributed by atoms with E-state index in [1.807, 2.05) is 42.7 Å². The fourth-order valence-electron chi connectivity index (χ4n) is 1.70. The molecule has 2 aromatic rings. The van der Waals surface area contributed by atoms with Gasteiger partial charge in [0.25, 0.3) is 0 Å². The predicted molar refractivity (Wildman–Crippen MR) is 81.0 cm³/mol. The zero-order valence-electron chi connectivity index (χ0n) is 11.5. The topological polar surface area (TPSA) is 35.5 Å². The number of ether oxygens (including phenoxy) is 2. The van der Waals surface area contributed by atoms with Crippen molar-refractivity contribution in [1.29, 1.82) is 0 Å². The number of Topliss-reactive ketones (excluding diaryl/α,β-unsaturated/α-hetero) is 1. The van der Waals surface area contributed by atoms with Gasteiger partial charge in [-0.3, -0.25) is 4.79 Å². The number of thioether (sulfide) groups is 1. The highest BCUT2D eigenvalue weighted by Crippen LogP contribution is 2.19. The van der Waals surface area contributed by atoms with E-state index in [0.29, 0.717) is 17.1 Å². The van der Waals surface area contributed by atoms with Gasteiger partial charge in [0, 0.05) is 16.5 Å². The van der Waals surface area contributed by atoms with E-state index in [1.54, 1.807) is 31.0 Å². The normalized spacial score (nSPS) is 10.1. The second kappa shape index (κ2) is 7.01. The lowest BCUT2D eigenvalue weighted by molar-refractivity contribution is 0.0921. The van der Waals surface area contributed by atoms with E-state index in [4.69, 9.17) is 9.47 Å². The van der Waals surface area contributed by atoms with Crippen molar-refractivity contribution >= 4 is 17.5 Å². The van der Waals surface area contributed by atoms with Gasteiger partial charge in [0.1, 0.15) is 11.5 Å². The second-order valence-corrected chi connectivity index (χ2v) is 5.00. The Kier molecular flexibility index (Phi) is 5.07. The molecule has 0 fully saturated rings. The van der Waals surface area contributed by atoms with Gasteiger partial charge in [-0.25, -0.2) is 0 Å². The molecule has 0 bridgehead atoms. The Morgan fingerprint density at radius 1 is 1.10 bits per heavy atom. The third-order valence-electron chi connectivity index (χ3n) is 2.82. The third kappa shape index (κ3) is 3.78. The lowest BCUT2D eigenvalue weighted by Gasteiger charge is -2.07. The van der Waals surface area contributed by atoms with Crippen LogP contribution in [0.5, 0.6) is 11.5 Å². The Labute approximate surface area is 122 Å². The van der Waals surface area contributed by atoms with Crippen molar-refractivity contribution in [2.75, 3.05) is 20.0 Å². The van der Waals surface area contributed by atoms with Crippen molar-refractivity contribution in [3.05, 3.63) is 54.1 Å². The summed E-state index contributed by atoms with van der Waals surface area (Å²) in [5.74, 6) is 1.29. The molecular weight excluding hydrogens is 272 g/mol. The number of hydrogen-bond donors (Lipinski definition) is 0. The largest absolute Gasteiger partial charge is 0.497 e. The SMILES string of the molecule is COc1cccc(OCC(=O)c2ccc(SC)cc2)c1. The first kappa shape index (κ1) is 14.5. The number of carbonyl (C=O) groups is 1. The highest BCUT2D eigenvalue weighted by molar-refractivity contribution is 7.98. The molecule has 0 N–H and O–H groups in total. The number of benzene rings is 2. The lowest BCUT2D eigenvalue weighted by Crippen LogP contribution is -2.11. The summed E-state index contributed by atoms with van der Waals surface area (Å²) in [6, 6.07) is 14.7. The molecule has 0 aliphatic carbocycles. The summed E-state index contributed by atoms with van der Waals surface area (Å²) in [6.07, 6.45) is 2.00. The highest BCUT2D eigenvalue weighted by Gasteiger charge is 2.07. The van der Waals surface area contributed by atoms with Crippen molar-refractivity contribution in [3.8, 4) is 11.5 Å². The van der Waals surface area contributed by atoms with Crippen molar-refractivity contribution in [1.82, 2.24) is 0 Å². The van der Waals surface area contributed by atoms with Crippen molar-refractivity contribution in [2.24, 2.45) is 0 Å². The first-order valence-electron chi connectivity index (χ1n) is 6.17. The molecule has 2 aromatic carbocycles. The van der Waals surface area contributed by atoms with Gasteiger partial charge in [-0.05, 0) is 30.5 Å². The van der Waals surface area contributed by atoms with Gasteiger partial charge in [0.05, 0.1) is 7.11 Å². The van der Waals surface area contributed by atoms with Gasteiger partial charge in [-0.1, -0.05) is 18.2 Å². The van der Waals surface area contributed by atoms with Crippen LogP contribution in [-0.2, 0) is 0 Å². The summed E-state index contributed by atoms with van der Waals surface area (Å²) >= 11 is 1.65. The van der Waals surface area contributed by atoms with E-state index in [-0.39, 0.29) is 12.4 Å². The van der Waals surface area contributed by atoms with Crippen molar-refractivity contribution in [3.63, 3.8) is 0 Å². The van der Waals surface area contributed by atoms with E-state index >= 15 is 0 Å². The summed E-state index contributed by atoms with van der Waals surface area (Å²) in [7, 11) is 1.59. The summed E-state index contributed by atoms with van der Waals surface area (Å²) in [5.41, 5.74) is 0.658. The minimum Gasteiger partial charge on any atom is -0.497 e. The summed E-state index contributed by atoms with van der Waals surface area (Å²) in [5, 5.41) is 0. The Bertz CT molecular complexity index is 579. The van der Waals surface area contributed by atoms with Crippen LogP contribution in [-0.4, -0.2) is 25.8 Å². The van der Waals surface area contributed by atoms with Crippen LogP contribution in [0.15, 0.2) is 53.4 Å². The zero-order chi connectivity index (χ0) is 14.4. The number of hydrogen-bond acceptors (Lipinski definition) is 4. The zero-order valence-corrected chi connectivity index (χ0v) is 12.3. The molecule has 2 rings (SSSR count). The van der Waals surface area contributed by atoms with Crippen LogP contribution in [0.4, 0.5) is 0 Å². The molecule has 0 aliphatic rings. The number of methoxy groups -OCH3 is 1. The maximum Gasteiger partial charge on any atom is 0.200 e. The van der Waals surface area contributed by atoms with Crippen LogP contribution in [0.1, 0.15) is 10.4 Å². The minimum absolute atomic E-state index is 0.0196. The molecule has 0 heterocycles. The molecule has 0 unspecified atom stereocenters. The van der Waals surface area contributed by atoms with E-state index in [0.717, 1.165) is 4.90 Å². The van der Waals surface area contributed by atoms with Gasteiger partial charge in [0.15, 0.2) is 12.4 Å². The summed E-state index contributed by atoms with van der Waals surface area (Å²) < 4.78 is 10.6. The molecule has 4 heteroatoms. The summed E-state index contributed by atoms with van der Waals surface area (Å²) in [6.45, 7) is 0.0196. The van der Waals surface area contributed by atoms with Crippen LogP contribution in [0, 0.1) is 0 Å². The van der Waals surface area contributed by atoms with Gasteiger partial charge in [-0.2, -0.15) is 0 Å². The Morgan fingerprint density at radius 3 is 2.45 bits per heavy atom. The molecule has 3 nitrogen and oxygen atoms in total. The monoisotopic (exact) mass is 288 g/mol. The molecule has 0 amide bonds. The van der Waals surface area contributed by atoms with Crippen LogP contribution >= 0.6 is 11.8 Å². The molecular formula is C16H16O3S. The molecule has 0 saturated carbocycles. The average molecular weight is 288 g/mol. The number of ketones is 1. The van der Waals surface area contributed by atoms with E-state index in [9.17, 15) is 4.79 Å². The van der Waals surface area contributed by atoms with Crippen LogP contribution in [0.25, 0.3) is 0 Å². The van der Waals surface area contributed by atoms with Crippen LogP contribution in [0.2, 0.25) is 0 Å².